The first-order valence-electron chi connectivity index (χ1n) is 1.49. The van der Waals surface area contributed by atoms with Crippen molar-refractivity contribution in [1.29, 1.82) is 0 Å². The molecular formula is C3H9OP. The predicted molar refractivity (Wildman–Crippen MR) is 25.8 cm³/mol. The lowest BCUT2D eigenvalue weighted by atomic mass is 11.8. The third-order valence-electron chi connectivity index (χ3n) is 0.365. The van der Waals surface area contributed by atoms with Crippen molar-refractivity contribution < 1.29 is 4.52 Å². The van der Waals surface area contributed by atoms with Gasteiger partial charge < -0.3 is 4.52 Å². The summed E-state index contributed by atoms with van der Waals surface area (Å²) >= 11 is 0. The van der Waals surface area contributed by atoms with Crippen LogP contribution in [0.2, 0.25) is 0 Å². The minimum Gasteiger partial charge on any atom is -0.363 e. The summed E-state index contributed by atoms with van der Waals surface area (Å²) in [7, 11) is 1.63. The molecule has 0 bridgehead atoms. The SMILES string of the molecule is COP(C)C. The fourth-order valence-electron chi connectivity index (χ4n) is 0. The molecule has 0 spiro atoms. The van der Waals surface area contributed by atoms with Crippen LogP contribution in [-0.2, 0) is 4.52 Å². The van der Waals surface area contributed by atoms with Gasteiger partial charge in [0.1, 0.15) is 0 Å². The average molecular weight is 92.1 g/mol. The lowest BCUT2D eigenvalue weighted by Gasteiger charge is -1.94. The second kappa shape index (κ2) is 2.62. The van der Waals surface area contributed by atoms with Crippen LogP contribution in [-0.4, -0.2) is 20.4 Å². The highest BCUT2D eigenvalue weighted by Crippen LogP contribution is 2.22. The molecule has 1 nitrogen and oxygen atoms in total. The van der Waals surface area contributed by atoms with Crippen LogP contribution in [0, 0.1) is 0 Å². The molecule has 0 aromatic rings. The zero-order valence-electron chi connectivity index (χ0n) is 3.86. The third-order valence-corrected chi connectivity index (χ3v) is 1.10. The Morgan fingerprint density at radius 2 is 1.60 bits per heavy atom. The van der Waals surface area contributed by atoms with Gasteiger partial charge in [-0.1, -0.05) is 0 Å². The first-order chi connectivity index (χ1) is 2.27. The van der Waals surface area contributed by atoms with Gasteiger partial charge in [-0.3, -0.25) is 0 Å². The lowest BCUT2D eigenvalue weighted by Crippen LogP contribution is -1.65. The van der Waals surface area contributed by atoms with Crippen LogP contribution in [0.5, 0.6) is 0 Å². The maximum absolute atomic E-state index is 4.81. The summed E-state index contributed by atoms with van der Waals surface area (Å²) < 4.78 is 4.81. The van der Waals surface area contributed by atoms with Gasteiger partial charge in [-0.05, 0) is 13.3 Å². The van der Waals surface area contributed by atoms with Gasteiger partial charge in [0.2, 0.25) is 0 Å². The van der Waals surface area contributed by atoms with Gasteiger partial charge in [0.05, 0.1) is 0 Å². The summed E-state index contributed by atoms with van der Waals surface area (Å²) in [6, 6.07) is 0. The zero-order valence-corrected chi connectivity index (χ0v) is 4.75. The average Bonchev–Trinajstić information content (AvgIpc) is 1.38. The predicted octanol–water partition coefficient (Wildman–Crippen LogP) is 1.29. The van der Waals surface area contributed by atoms with E-state index in [0.29, 0.717) is 0 Å². The van der Waals surface area contributed by atoms with Crippen molar-refractivity contribution in [2.24, 2.45) is 0 Å². The van der Waals surface area contributed by atoms with Crippen molar-refractivity contribution in [2.45, 2.75) is 0 Å². The molecule has 32 valence electrons. The molecule has 0 radical (unpaired) electrons. The Morgan fingerprint density at radius 1 is 1.40 bits per heavy atom. The zero-order chi connectivity index (χ0) is 4.28. The fourth-order valence-corrected chi connectivity index (χ4v) is 0. The van der Waals surface area contributed by atoms with Crippen molar-refractivity contribution in [3.63, 3.8) is 0 Å². The number of hydrogen-bond acceptors (Lipinski definition) is 1. The second-order valence-corrected chi connectivity index (χ2v) is 2.98. The lowest BCUT2D eigenvalue weighted by molar-refractivity contribution is 0.468. The molecule has 0 N–H and O–H groups in total. The van der Waals surface area contributed by atoms with Gasteiger partial charge in [-0.2, -0.15) is 0 Å². The Kier molecular flexibility index (Phi) is 2.82. The molecule has 0 aromatic heterocycles. The van der Waals surface area contributed by atoms with E-state index >= 15 is 0 Å². The number of rotatable bonds is 1. The molecule has 0 amide bonds. The van der Waals surface area contributed by atoms with Crippen LogP contribution in [0.25, 0.3) is 0 Å². The molecule has 0 heterocycles. The molecule has 0 atom stereocenters. The summed E-state index contributed by atoms with van der Waals surface area (Å²) in [6.07, 6.45) is 0. The molecule has 0 aliphatic carbocycles. The fraction of sp³-hybridized carbons (Fsp3) is 1.00. The van der Waals surface area contributed by atoms with Crippen molar-refractivity contribution in [3.8, 4) is 0 Å². The van der Waals surface area contributed by atoms with Crippen LogP contribution < -0.4 is 0 Å². The Balaban J connectivity index is 2.54. The van der Waals surface area contributed by atoms with Crippen LogP contribution in [0.3, 0.4) is 0 Å². The molecule has 0 aliphatic heterocycles. The third kappa shape index (κ3) is 4.39. The van der Waals surface area contributed by atoms with Gasteiger partial charge in [0.25, 0.3) is 0 Å². The van der Waals surface area contributed by atoms with Gasteiger partial charge in [0, 0.05) is 15.3 Å². The Hall–Kier alpha value is 0.390. The molecule has 0 unspecified atom stereocenters. The van der Waals surface area contributed by atoms with E-state index in [9.17, 15) is 0 Å². The van der Waals surface area contributed by atoms with E-state index < -0.39 is 0 Å². The van der Waals surface area contributed by atoms with Gasteiger partial charge in [-0.25, -0.2) is 0 Å². The molecule has 0 fully saturated rings. The first kappa shape index (κ1) is 5.39. The quantitative estimate of drug-likeness (QED) is 0.443. The van der Waals surface area contributed by atoms with Gasteiger partial charge in [0.15, 0.2) is 0 Å². The highest BCUT2D eigenvalue weighted by atomic mass is 31.1. The molecular weight excluding hydrogens is 83.0 g/mol. The second-order valence-electron chi connectivity index (χ2n) is 0.995. The van der Waals surface area contributed by atoms with Crippen molar-refractivity contribution in [1.82, 2.24) is 0 Å². The van der Waals surface area contributed by atoms with E-state index in [1.165, 1.54) is 0 Å². The van der Waals surface area contributed by atoms with Crippen LogP contribution >= 0.6 is 8.15 Å². The Morgan fingerprint density at radius 3 is 1.60 bits per heavy atom. The maximum atomic E-state index is 4.81. The molecule has 0 saturated carbocycles. The highest BCUT2D eigenvalue weighted by Gasteiger charge is 1.78. The van der Waals surface area contributed by atoms with Gasteiger partial charge in [-0.15, -0.1) is 0 Å². The van der Waals surface area contributed by atoms with Crippen LogP contribution in [0.4, 0.5) is 0 Å². The standard InChI is InChI=1S/C3H9OP/c1-4-5(2)3/h1-3H3. The first-order valence-corrected chi connectivity index (χ1v) is 3.64. The summed E-state index contributed by atoms with van der Waals surface area (Å²) in [5.74, 6) is 0. The molecule has 0 aliphatic rings. The summed E-state index contributed by atoms with van der Waals surface area (Å²) in [5, 5.41) is 0. The number of hydrogen-bond donors (Lipinski definition) is 0. The largest absolute Gasteiger partial charge is 0.363 e. The monoisotopic (exact) mass is 92.0 g/mol. The van der Waals surface area contributed by atoms with E-state index in [4.69, 9.17) is 4.52 Å². The van der Waals surface area contributed by atoms with E-state index in [0.717, 1.165) is 0 Å². The molecule has 5 heavy (non-hydrogen) atoms. The molecule has 0 aromatic carbocycles. The van der Waals surface area contributed by atoms with Gasteiger partial charge >= 0.3 is 0 Å². The van der Waals surface area contributed by atoms with Crippen LogP contribution in [0.15, 0.2) is 0 Å². The Labute approximate surface area is 34.2 Å². The normalized spacial score (nSPS) is 9.60. The van der Waals surface area contributed by atoms with Crippen LogP contribution in [0.1, 0.15) is 0 Å². The minimum atomic E-state index is -0.0983. The van der Waals surface area contributed by atoms with Crippen molar-refractivity contribution in [2.75, 3.05) is 20.4 Å². The smallest absolute Gasteiger partial charge is 0.0397 e. The Bertz CT molecular complexity index is 20.9. The molecule has 0 saturated heterocycles. The summed E-state index contributed by atoms with van der Waals surface area (Å²) in [5.41, 5.74) is 0. The topological polar surface area (TPSA) is 9.23 Å². The summed E-state index contributed by atoms with van der Waals surface area (Å²) in [4.78, 5) is 0. The summed E-state index contributed by atoms with van der Waals surface area (Å²) in [6.45, 7) is 4.13. The van der Waals surface area contributed by atoms with E-state index in [2.05, 4.69) is 13.3 Å². The van der Waals surface area contributed by atoms with E-state index in [1.807, 2.05) is 0 Å². The minimum absolute atomic E-state index is 0.0983. The molecule has 2 heteroatoms. The van der Waals surface area contributed by atoms with Crippen molar-refractivity contribution >= 4 is 8.15 Å². The van der Waals surface area contributed by atoms with E-state index in [-0.39, 0.29) is 8.15 Å². The van der Waals surface area contributed by atoms with Crippen molar-refractivity contribution in [3.05, 3.63) is 0 Å². The highest BCUT2D eigenvalue weighted by molar-refractivity contribution is 7.50. The maximum Gasteiger partial charge on any atom is 0.0397 e. The molecule has 0 rings (SSSR count). The van der Waals surface area contributed by atoms with E-state index in [1.54, 1.807) is 7.11 Å².